The monoisotopic (exact) mass is 255 g/mol. The summed E-state index contributed by atoms with van der Waals surface area (Å²) in [5.41, 5.74) is 0.613. The van der Waals surface area contributed by atoms with Gasteiger partial charge in [-0.05, 0) is 31.5 Å². The number of nitrogens with one attached hydrogen (secondary N) is 1. The van der Waals surface area contributed by atoms with Crippen LogP contribution >= 0.6 is 0 Å². The van der Waals surface area contributed by atoms with Crippen LogP contribution in [0, 0.1) is 5.82 Å². The van der Waals surface area contributed by atoms with Crippen molar-refractivity contribution in [3.8, 4) is 0 Å². The Hall–Kier alpha value is -1.62. The van der Waals surface area contributed by atoms with Gasteiger partial charge in [-0.25, -0.2) is 9.18 Å². The molecule has 1 aromatic carbocycles. The lowest BCUT2D eigenvalue weighted by atomic mass is 10.1. The Balaban J connectivity index is 2.77. The van der Waals surface area contributed by atoms with Gasteiger partial charge < -0.3 is 14.8 Å². The number of halogens is 1. The van der Waals surface area contributed by atoms with Gasteiger partial charge in [0.05, 0.1) is 18.4 Å². The molecule has 1 unspecified atom stereocenters. The summed E-state index contributed by atoms with van der Waals surface area (Å²) in [5, 5.41) is 3.00. The van der Waals surface area contributed by atoms with Crippen LogP contribution in [0.1, 0.15) is 23.7 Å². The molecule has 18 heavy (non-hydrogen) atoms. The highest BCUT2D eigenvalue weighted by Crippen LogP contribution is 2.18. The SMILES string of the molecule is COCCC(C)Nc1cc(C(=O)OC)ccc1F. The Morgan fingerprint density at radius 2 is 2.17 bits per heavy atom. The summed E-state index contributed by atoms with van der Waals surface area (Å²) in [6, 6.07) is 4.14. The molecule has 1 atom stereocenters. The maximum atomic E-state index is 13.6. The molecule has 100 valence electrons. The summed E-state index contributed by atoms with van der Waals surface area (Å²) in [6.07, 6.45) is 0.748. The third kappa shape index (κ3) is 4.00. The van der Waals surface area contributed by atoms with Gasteiger partial charge in [0.2, 0.25) is 0 Å². The molecule has 0 amide bonds. The van der Waals surface area contributed by atoms with Crippen LogP contribution in [0.2, 0.25) is 0 Å². The van der Waals surface area contributed by atoms with E-state index < -0.39 is 11.8 Å². The smallest absolute Gasteiger partial charge is 0.337 e. The fourth-order valence-corrected chi connectivity index (χ4v) is 1.51. The molecular weight excluding hydrogens is 237 g/mol. The minimum absolute atomic E-state index is 0.0485. The maximum absolute atomic E-state index is 13.6. The number of benzene rings is 1. The summed E-state index contributed by atoms with van der Waals surface area (Å²) in [4.78, 5) is 11.3. The quantitative estimate of drug-likeness (QED) is 0.793. The molecule has 0 heterocycles. The van der Waals surface area contributed by atoms with E-state index in [2.05, 4.69) is 10.1 Å². The molecule has 0 fully saturated rings. The highest BCUT2D eigenvalue weighted by atomic mass is 19.1. The van der Waals surface area contributed by atoms with Gasteiger partial charge >= 0.3 is 5.97 Å². The van der Waals surface area contributed by atoms with Crippen LogP contribution in [0.3, 0.4) is 0 Å². The van der Waals surface area contributed by atoms with E-state index in [1.807, 2.05) is 6.92 Å². The van der Waals surface area contributed by atoms with Crippen LogP contribution in [0.5, 0.6) is 0 Å². The molecule has 0 aliphatic carbocycles. The zero-order valence-electron chi connectivity index (χ0n) is 10.8. The lowest BCUT2D eigenvalue weighted by Crippen LogP contribution is -2.18. The lowest BCUT2D eigenvalue weighted by molar-refractivity contribution is 0.0600. The highest BCUT2D eigenvalue weighted by Gasteiger charge is 2.11. The Kier molecular flexibility index (Phi) is 5.58. The van der Waals surface area contributed by atoms with E-state index in [-0.39, 0.29) is 6.04 Å². The van der Waals surface area contributed by atoms with Gasteiger partial charge in [0.25, 0.3) is 0 Å². The summed E-state index contributed by atoms with van der Waals surface area (Å²) in [7, 11) is 2.91. The van der Waals surface area contributed by atoms with Crippen molar-refractivity contribution in [2.75, 3.05) is 26.1 Å². The molecule has 0 bridgehead atoms. The molecule has 0 aromatic heterocycles. The van der Waals surface area contributed by atoms with Crippen LogP contribution in [-0.4, -0.2) is 32.8 Å². The second kappa shape index (κ2) is 6.96. The van der Waals surface area contributed by atoms with Crippen molar-refractivity contribution in [3.05, 3.63) is 29.6 Å². The molecule has 0 radical (unpaired) electrons. The number of hydrogen-bond donors (Lipinski definition) is 1. The van der Waals surface area contributed by atoms with Gasteiger partial charge in [-0.1, -0.05) is 0 Å². The minimum Gasteiger partial charge on any atom is -0.465 e. The fraction of sp³-hybridized carbons (Fsp3) is 0.462. The van der Waals surface area contributed by atoms with E-state index >= 15 is 0 Å². The number of carbonyl (C=O) groups excluding carboxylic acids is 1. The molecule has 0 aliphatic heterocycles. The number of anilines is 1. The first-order valence-electron chi connectivity index (χ1n) is 5.71. The first kappa shape index (κ1) is 14.4. The summed E-state index contributed by atoms with van der Waals surface area (Å²) in [5.74, 6) is -0.880. The van der Waals surface area contributed by atoms with Crippen LogP contribution < -0.4 is 5.32 Å². The number of rotatable bonds is 6. The van der Waals surface area contributed by atoms with E-state index in [4.69, 9.17) is 4.74 Å². The Morgan fingerprint density at radius 1 is 1.44 bits per heavy atom. The molecule has 1 N–H and O–H groups in total. The van der Waals surface area contributed by atoms with Crippen molar-refractivity contribution in [3.63, 3.8) is 0 Å². The summed E-state index contributed by atoms with van der Waals surface area (Å²) in [6.45, 7) is 2.51. The lowest BCUT2D eigenvalue weighted by Gasteiger charge is -2.15. The minimum atomic E-state index is -0.484. The van der Waals surface area contributed by atoms with Gasteiger partial charge in [0, 0.05) is 19.8 Å². The second-order valence-electron chi connectivity index (χ2n) is 4.01. The zero-order valence-corrected chi connectivity index (χ0v) is 10.8. The van der Waals surface area contributed by atoms with Gasteiger partial charge in [-0.2, -0.15) is 0 Å². The number of carbonyl (C=O) groups is 1. The van der Waals surface area contributed by atoms with Crippen molar-refractivity contribution in [2.45, 2.75) is 19.4 Å². The van der Waals surface area contributed by atoms with E-state index in [0.717, 1.165) is 6.42 Å². The van der Waals surface area contributed by atoms with Crippen LogP contribution in [0.4, 0.5) is 10.1 Å². The number of hydrogen-bond acceptors (Lipinski definition) is 4. The van der Waals surface area contributed by atoms with Crippen molar-refractivity contribution in [2.24, 2.45) is 0 Å². The molecule has 1 rings (SSSR count). The highest BCUT2D eigenvalue weighted by molar-refractivity contribution is 5.90. The predicted molar refractivity (Wildman–Crippen MR) is 67.3 cm³/mol. The summed E-state index contributed by atoms with van der Waals surface area (Å²) < 4.78 is 23.1. The standard InChI is InChI=1S/C13H18FNO3/c1-9(6-7-17-2)15-12-8-10(13(16)18-3)4-5-11(12)14/h4-5,8-9,15H,6-7H2,1-3H3. The zero-order chi connectivity index (χ0) is 13.5. The first-order valence-corrected chi connectivity index (χ1v) is 5.71. The van der Waals surface area contributed by atoms with E-state index in [1.165, 1.54) is 25.3 Å². The third-order valence-electron chi connectivity index (χ3n) is 2.54. The average Bonchev–Trinajstić information content (AvgIpc) is 2.38. The molecule has 0 spiro atoms. The first-order chi connectivity index (χ1) is 8.58. The Labute approximate surface area is 106 Å². The molecule has 0 aliphatic rings. The van der Waals surface area contributed by atoms with Crippen molar-refractivity contribution in [1.82, 2.24) is 0 Å². The molecule has 0 saturated heterocycles. The number of ether oxygens (including phenoxy) is 2. The van der Waals surface area contributed by atoms with Crippen molar-refractivity contribution in [1.29, 1.82) is 0 Å². The fourth-order valence-electron chi connectivity index (χ4n) is 1.51. The topological polar surface area (TPSA) is 47.6 Å². The average molecular weight is 255 g/mol. The van der Waals surface area contributed by atoms with E-state index in [0.29, 0.717) is 17.9 Å². The molecule has 4 nitrogen and oxygen atoms in total. The Bertz CT molecular complexity index is 409. The van der Waals surface area contributed by atoms with E-state index in [1.54, 1.807) is 7.11 Å². The van der Waals surface area contributed by atoms with Gasteiger partial charge in [0.15, 0.2) is 0 Å². The molecule has 1 aromatic rings. The van der Waals surface area contributed by atoms with Crippen LogP contribution in [0.15, 0.2) is 18.2 Å². The van der Waals surface area contributed by atoms with Crippen molar-refractivity contribution < 1.29 is 18.7 Å². The normalized spacial score (nSPS) is 12.0. The largest absolute Gasteiger partial charge is 0.465 e. The second-order valence-corrected chi connectivity index (χ2v) is 4.01. The molecular formula is C13H18FNO3. The number of methoxy groups -OCH3 is 2. The van der Waals surface area contributed by atoms with Gasteiger partial charge in [-0.15, -0.1) is 0 Å². The third-order valence-corrected chi connectivity index (χ3v) is 2.54. The summed E-state index contributed by atoms with van der Waals surface area (Å²) >= 11 is 0. The number of esters is 1. The maximum Gasteiger partial charge on any atom is 0.337 e. The van der Waals surface area contributed by atoms with Crippen LogP contribution in [-0.2, 0) is 9.47 Å². The van der Waals surface area contributed by atoms with Crippen molar-refractivity contribution >= 4 is 11.7 Å². The Morgan fingerprint density at radius 3 is 2.78 bits per heavy atom. The predicted octanol–water partition coefficient (Wildman–Crippen LogP) is 2.45. The van der Waals surface area contributed by atoms with Gasteiger partial charge in [0.1, 0.15) is 5.82 Å². The van der Waals surface area contributed by atoms with E-state index in [9.17, 15) is 9.18 Å². The molecule has 5 heteroatoms. The molecule has 0 saturated carbocycles. The van der Waals surface area contributed by atoms with Crippen LogP contribution in [0.25, 0.3) is 0 Å². The van der Waals surface area contributed by atoms with Gasteiger partial charge in [-0.3, -0.25) is 0 Å².